The molecule has 0 amide bonds. The van der Waals surface area contributed by atoms with Crippen molar-refractivity contribution in [1.29, 1.82) is 0 Å². The Labute approximate surface area is 224 Å². The smallest absolute Gasteiger partial charge is 0.480 e. The normalized spacial score (nSPS) is 12.2. The van der Waals surface area contributed by atoms with Gasteiger partial charge in [0, 0.05) is 11.5 Å². The van der Waals surface area contributed by atoms with Crippen LogP contribution in [0, 0.1) is 7.14 Å². The minimum atomic E-state index is -5.76. The number of hydrogen-bond donors (Lipinski definition) is 2. The van der Waals surface area contributed by atoms with Crippen molar-refractivity contribution in [1.82, 2.24) is 0 Å². The first-order valence-electron chi connectivity index (χ1n) is 9.67. The van der Waals surface area contributed by atoms with E-state index in [9.17, 15) is 31.2 Å². The van der Waals surface area contributed by atoms with E-state index in [4.69, 9.17) is 14.3 Å². The number of aliphatic carboxylic acids is 1. The number of carboxylic acids is 1. The molecule has 0 saturated heterocycles. The molecule has 0 aliphatic rings. The van der Waals surface area contributed by atoms with Crippen LogP contribution < -0.4 is 9.46 Å². The van der Waals surface area contributed by atoms with Gasteiger partial charge in [-0.25, -0.2) is 4.79 Å². The van der Waals surface area contributed by atoms with Gasteiger partial charge in [0.15, 0.2) is 12.4 Å². The molecule has 188 valence electrons. The lowest BCUT2D eigenvalue weighted by molar-refractivity contribution is -0.139. The number of hydrogen-bond acceptors (Lipinski definition) is 6. The summed E-state index contributed by atoms with van der Waals surface area (Å²) in [6.45, 7) is 2.83. The third-order valence-electron chi connectivity index (χ3n) is 4.64. The quantitative estimate of drug-likeness (QED) is 0.224. The van der Waals surface area contributed by atoms with Crippen molar-refractivity contribution in [3.05, 3.63) is 54.4 Å². The number of fused-ring (bicyclic) bond motifs is 1. The Hall–Kier alpha value is -2.08. The summed E-state index contributed by atoms with van der Waals surface area (Å²) in [5.74, 6) is -1.75. The Balaban J connectivity index is 2.20. The number of sulfonamides is 1. The maximum atomic E-state index is 13.6. The zero-order valence-corrected chi connectivity index (χ0v) is 23.0. The molecule has 2 N–H and O–H groups in total. The highest BCUT2D eigenvalue weighted by Crippen LogP contribution is 2.39. The maximum absolute atomic E-state index is 13.6. The molecule has 3 aromatic rings. The molecule has 1 heterocycles. The molecule has 8 nitrogen and oxygen atoms in total. The SMILES string of the molecule is CC(C)c1oc2cccc(NS(=O)(=O)C(F)(F)F)c2c1C(=O)c1cc(I)c(OCC(=O)O)c(I)c1. The van der Waals surface area contributed by atoms with Crippen LogP contribution in [0.3, 0.4) is 0 Å². The second kappa shape index (κ2) is 10.1. The number of nitrogens with one attached hydrogen (secondary N) is 1. The summed E-state index contributed by atoms with van der Waals surface area (Å²) in [4.78, 5) is 24.5. The first-order chi connectivity index (χ1) is 16.1. The van der Waals surface area contributed by atoms with Gasteiger partial charge in [-0.15, -0.1) is 0 Å². The number of furan rings is 1. The van der Waals surface area contributed by atoms with Crippen molar-refractivity contribution in [2.24, 2.45) is 0 Å². The molecule has 0 atom stereocenters. The van der Waals surface area contributed by atoms with E-state index in [0.717, 1.165) is 6.07 Å². The first-order valence-corrected chi connectivity index (χ1v) is 13.3. The minimum absolute atomic E-state index is 0.0326. The standard InChI is InChI=1S/C21H16F3I2NO7S/c1-9(2)19-17(18(30)10-6-11(25)20(12(26)7-10)33-8-15(28)29)16-13(4-3-5-14(16)34-19)27-35(31,32)21(22,23)24/h3-7,9,27H,8H2,1-2H3,(H,28,29). The van der Waals surface area contributed by atoms with E-state index in [-0.39, 0.29) is 39.5 Å². The highest BCUT2D eigenvalue weighted by atomic mass is 127. The zero-order valence-electron chi connectivity index (χ0n) is 17.9. The van der Waals surface area contributed by atoms with Crippen LogP contribution in [0.25, 0.3) is 11.0 Å². The van der Waals surface area contributed by atoms with Crippen LogP contribution >= 0.6 is 45.2 Å². The van der Waals surface area contributed by atoms with Crippen molar-refractivity contribution in [2.75, 3.05) is 11.3 Å². The van der Waals surface area contributed by atoms with Gasteiger partial charge >= 0.3 is 21.5 Å². The summed E-state index contributed by atoms with van der Waals surface area (Å²) in [7, 11) is -5.76. The summed E-state index contributed by atoms with van der Waals surface area (Å²) >= 11 is 3.74. The van der Waals surface area contributed by atoms with E-state index in [1.807, 2.05) is 45.2 Å². The molecule has 1 aromatic heterocycles. The van der Waals surface area contributed by atoms with E-state index in [0.29, 0.717) is 7.14 Å². The van der Waals surface area contributed by atoms with E-state index < -0.39 is 39.6 Å². The largest absolute Gasteiger partial charge is 0.516 e. The number of carboxylic acid groups (broad SMARTS) is 1. The topological polar surface area (TPSA) is 123 Å². The number of ketones is 1. The number of benzene rings is 2. The average Bonchev–Trinajstić information content (AvgIpc) is 3.12. The third-order valence-corrected chi connectivity index (χ3v) is 7.34. The monoisotopic (exact) mass is 737 g/mol. The Bertz CT molecular complexity index is 1410. The van der Waals surface area contributed by atoms with E-state index in [2.05, 4.69) is 0 Å². The molecule has 2 aromatic carbocycles. The van der Waals surface area contributed by atoms with Crippen molar-refractivity contribution in [2.45, 2.75) is 25.3 Å². The molecule has 14 heteroatoms. The van der Waals surface area contributed by atoms with Crippen LogP contribution in [-0.2, 0) is 14.8 Å². The molecule has 0 unspecified atom stereocenters. The molecule has 0 saturated carbocycles. The van der Waals surface area contributed by atoms with Crippen molar-refractivity contribution in [3.63, 3.8) is 0 Å². The predicted octanol–water partition coefficient (Wildman–Crippen LogP) is 5.72. The number of alkyl halides is 3. The summed E-state index contributed by atoms with van der Waals surface area (Å²) in [5, 5.41) is 8.74. The molecule has 0 aliphatic carbocycles. The van der Waals surface area contributed by atoms with Crippen molar-refractivity contribution in [3.8, 4) is 5.75 Å². The van der Waals surface area contributed by atoms with Crippen molar-refractivity contribution >= 4 is 83.6 Å². The number of carbonyl (C=O) groups is 2. The van der Waals surface area contributed by atoms with Gasteiger partial charge in [0.2, 0.25) is 0 Å². The van der Waals surface area contributed by atoms with Crippen LogP contribution in [0.15, 0.2) is 34.7 Å². The Morgan fingerprint density at radius 2 is 1.77 bits per heavy atom. The molecular weight excluding hydrogens is 721 g/mol. The maximum Gasteiger partial charge on any atom is 0.516 e. The summed E-state index contributed by atoms with van der Waals surface area (Å²) in [5.41, 5.74) is -5.95. The minimum Gasteiger partial charge on any atom is -0.480 e. The van der Waals surface area contributed by atoms with E-state index in [1.165, 1.54) is 29.0 Å². The molecule has 3 rings (SSSR count). The highest BCUT2D eigenvalue weighted by molar-refractivity contribution is 14.1. The zero-order chi connectivity index (χ0) is 26.3. The second-order valence-corrected chi connectivity index (χ2v) is 11.5. The number of carbonyl (C=O) groups excluding carboxylic acids is 1. The Morgan fingerprint density at radius 1 is 1.17 bits per heavy atom. The van der Waals surface area contributed by atoms with Gasteiger partial charge in [0.05, 0.1) is 23.8 Å². The molecular formula is C21H16F3I2NO7S. The molecule has 0 radical (unpaired) electrons. The highest BCUT2D eigenvalue weighted by Gasteiger charge is 2.46. The van der Waals surface area contributed by atoms with Crippen LogP contribution in [-0.4, -0.2) is 37.4 Å². The molecule has 0 aliphatic heterocycles. The summed E-state index contributed by atoms with van der Waals surface area (Å²) in [6, 6.07) is 6.71. The molecule has 0 fully saturated rings. The van der Waals surface area contributed by atoms with Crippen LogP contribution in [0.4, 0.5) is 18.9 Å². The van der Waals surface area contributed by atoms with Gasteiger partial charge in [0.25, 0.3) is 0 Å². The van der Waals surface area contributed by atoms with Crippen molar-refractivity contribution < 1.29 is 45.4 Å². The van der Waals surface area contributed by atoms with Gasteiger partial charge in [-0.3, -0.25) is 9.52 Å². The van der Waals surface area contributed by atoms with Gasteiger partial charge in [-0.05, 0) is 69.4 Å². The van der Waals surface area contributed by atoms with Crippen LogP contribution in [0.2, 0.25) is 0 Å². The van der Waals surface area contributed by atoms with Crippen LogP contribution in [0.5, 0.6) is 5.75 Å². The number of anilines is 1. The second-order valence-electron chi connectivity index (χ2n) is 7.51. The number of ether oxygens (including phenoxy) is 1. The van der Waals surface area contributed by atoms with Gasteiger partial charge in [-0.2, -0.15) is 21.6 Å². The Morgan fingerprint density at radius 3 is 2.29 bits per heavy atom. The number of rotatable bonds is 8. The number of halogens is 5. The lowest BCUT2D eigenvalue weighted by Gasteiger charge is -2.13. The molecule has 0 spiro atoms. The van der Waals surface area contributed by atoms with E-state index in [1.54, 1.807) is 13.8 Å². The fourth-order valence-corrected chi connectivity index (χ4v) is 5.85. The molecule has 35 heavy (non-hydrogen) atoms. The first kappa shape index (κ1) is 27.5. The fourth-order valence-electron chi connectivity index (χ4n) is 3.19. The lowest BCUT2D eigenvalue weighted by atomic mass is 9.95. The third kappa shape index (κ3) is 5.68. The van der Waals surface area contributed by atoms with Gasteiger partial charge in [-0.1, -0.05) is 19.9 Å². The molecule has 0 bridgehead atoms. The fraction of sp³-hybridized carbons (Fsp3) is 0.238. The van der Waals surface area contributed by atoms with Gasteiger partial charge in [0.1, 0.15) is 17.1 Å². The summed E-state index contributed by atoms with van der Waals surface area (Å²) in [6.07, 6.45) is 0. The lowest BCUT2D eigenvalue weighted by Crippen LogP contribution is -2.30. The van der Waals surface area contributed by atoms with E-state index >= 15 is 0 Å². The van der Waals surface area contributed by atoms with Gasteiger partial charge < -0.3 is 14.3 Å². The Kier molecular flexibility index (Phi) is 7.95. The predicted molar refractivity (Wildman–Crippen MR) is 137 cm³/mol. The summed E-state index contributed by atoms with van der Waals surface area (Å²) < 4.78 is 76.0. The van der Waals surface area contributed by atoms with Crippen LogP contribution in [0.1, 0.15) is 41.4 Å². The average molecular weight is 737 g/mol.